The Labute approximate surface area is 136 Å². The lowest BCUT2D eigenvalue weighted by atomic mass is 10.1. The van der Waals surface area contributed by atoms with Gasteiger partial charge in [0.2, 0.25) is 11.8 Å². The number of hydrogen-bond acceptors (Lipinski definition) is 5. The van der Waals surface area contributed by atoms with Crippen LogP contribution in [0.25, 0.3) is 0 Å². The molecule has 0 spiro atoms. The molecule has 0 aliphatic carbocycles. The maximum Gasteiger partial charge on any atom is 0.240 e. The molecule has 1 aromatic heterocycles. The average Bonchev–Trinajstić information content (AvgIpc) is 2.99. The molecule has 1 amide bonds. The summed E-state index contributed by atoms with van der Waals surface area (Å²) in [5, 5.41) is 3.80. The van der Waals surface area contributed by atoms with E-state index in [1.165, 1.54) is 5.56 Å². The van der Waals surface area contributed by atoms with Crippen LogP contribution in [0.5, 0.6) is 0 Å². The predicted octanol–water partition coefficient (Wildman–Crippen LogP) is 1.66. The zero-order valence-electron chi connectivity index (χ0n) is 13.4. The fourth-order valence-electron chi connectivity index (χ4n) is 2.80. The first-order chi connectivity index (χ1) is 11.2. The highest BCUT2D eigenvalue weighted by Crippen LogP contribution is 2.10. The Hall–Kier alpha value is -2.21. The topological polar surface area (TPSA) is 62.5 Å². The molecule has 1 aliphatic rings. The van der Waals surface area contributed by atoms with Crippen molar-refractivity contribution in [2.24, 2.45) is 0 Å². The quantitative estimate of drug-likeness (QED) is 0.840. The van der Waals surface area contributed by atoms with Crippen LogP contribution in [0.2, 0.25) is 0 Å². The standard InChI is InChI=1S/C17H22N4O2/c1-14-18-16(23-19-14)13-20-9-11-21(12-10-20)17(22)8-7-15-5-3-2-4-6-15/h2-6H,7-13H2,1H3. The molecule has 23 heavy (non-hydrogen) atoms. The van der Waals surface area contributed by atoms with Gasteiger partial charge in [-0.15, -0.1) is 0 Å². The molecule has 1 saturated heterocycles. The van der Waals surface area contributed by atoms with E-state index < -0.39 is 0 Å². The zero-order valence-corrected chi connectivity index (χ0v) is 13.4. The largest absolute Gasteiger partial charge is 0.340 e. The maximum atomic E-state index is 12.3. The second kappa shape index (κ2) is 7.37. The third kappa shape index (κ3) is 4.39. The van der Waals surface area contributed by atoms with E-state index in [-0.39, 0.29) is 5.91 Å². The summed E-state index contributed by atoms with van der Waals surface area (Å²) in [7, 11) is 0. The lowest BCUT2D eigenvalue weighted by Gasteiger charge is -2.34. The number of aryl methyl sites for hydroxylation is 2. The summed E-state index contributed by atoms with van der Waals surface area (Å²) in [6, 6.07) is 10.2. The summed E-state index contributed by atoms with van der Waals surface area (Å²) in [4.78, 5) is 20.7. The number of amides is 1. The van der Waals surface area contributed by atoms with Crippen molar-refractivity contribution < 1.29 is 9.32 Å². The van der Waals surface area contributed by atoms with Crippen LogP contribution in [0, 0.1) is 6.92 Å². The lowest BCUT2D eigenvalue weighted by molar-refractivity contribution is -0.133. The Morgan fingerprint density at radius 2 is 1.91 bits per heavy atom. The van der Waals surface area contributed by atoms with Crippen molar-refractivity contribution in [1.29, 1.82) is 0 Å². The van der Waals surface area contributed by atoms with E-state index in [0.29, 0.717) is 24.7 Å². The Balaban J connectivity index is 1.42. The number of benzene rings is 1. The molecule has 1 aliphatic heterocycles. The van der Waals surface area contributed by atoms with E-state index in [4.69, 9.17) is 4.52 Å². The van der Waals surface area contributed by atoms with Crippen molar-refractivity contribution in [3.8, 4) is 0 Å². The second-order valence-electron chi connectivity index (χ2n) is 5.88. The van der Waals surface area contributed by atoms with Gasteiger partial charge < -0.3 is 9.42 Å². The number of hydrogen-bond donors (Lipinski definition) is 0. The summed E-state index contributed by atoms with van der Waals surface area (Å²) in [5.74, 6) is 1.54. The first kappa shape index (κ1) is 15.7. The first-order valence-electron chi connectivity index (χ1n) is 8.04. The van der Waals surface area contributed by atoms with Crippen molar-refractivity contribution >= 4 is 5.91 Å². The van der Waals surface area contributed by atoms with Crippen LogP contribution in [-0.4, -0.2) is 52.0 Å². The van der Waals surface area contributed by atoms with Gasteiger partial charge >= 0.3 is 0 Å². The molecular weight excluding hydrogens is 292 g/mol. The van der Waals surface area contributed by atoms with Gasteiger partial charge in [0.15, 0.2) is 5.82 Å². The van der Waals surface area contributed by atoms with Crippen molar-refractivity contribution in [2.45, 2.75) is 26.3 Å². The highest BCUT2D eigenvalue weighted by molar-refractivity contribution is 5.76. The predicted molar refractivity (Wildman–Crippen MR) is 85.7 cm³/mol. The molecule has 0 N–H and O–H groups in total. The fourth-order valence-corrected chi connectivity index (χ4v) is 2.80. The summed E-state index contributed by atoms with van der Waals surface area (Å²) in [6.45, 7) is 5.70. The summed E-state index contributed by atoms with van der Waals surface area (Å²) >= 11 is 0. The number of rotatable bonds is 5. The van der Waals surface area contributed by atoms with Crippen LogP contribution in [-0.2, 0) is 17.8 Å². The molecule has 0 bridgehead atoms. The lowest BCUT2D eigenvalue weighted by Crippen LogP contribution is -2.48. The second-order valence-corrected chi connectivity index (χ2v) is 5.88. The summed E-state index contributed by atoms with van der Waals surface area (Å²) < 4.78 is 5.15. The van der Waals surface area contributed by atoms with Gasteiger partial charge in [-0.05, 0) is 18.9 Å². The first-order valence-corrected chi connectivity index (χ1v) is 8.04. The molecule has 3 rings (SSSR count). The van der Waals surface area contributed by atoms with Gasteiger partial charge in [0.05, 0.1) is 6.54 Å². The molecule has 0 saturated carbocycles. The highest BCUT2D eigenvalue weighted by Gasteiger charge is 2.22. The van der Waals surface area contributed by atoms with Gasteiger partial charge in [-0.3, -0.25) is 9.69 Å². The third-order valence-electron chi connectivity index (χ3n) is 4.12. The normalized spacial score (nSPS) is 15.8. The molecule has 2 heterocycles. The monoisotopic (exact) mass is 314 g/mol. The third-order valence-corrected chi connectivity index (χ3v) is 4.12. The van der Waals surface area contributed by atoms with Crippen molar-refractivity contribution in [3.05, 3.63) is 47.6 Å². The molecule has 1 fully saturated rings. The molecular formula is C17H22N4O2. The molecule has 6 heteroatoms. The Morgan fingerprint density at radius 1 is 1.17 bits per heavy atom. The van der Waals surface area contributed by atoms with Gasteiger partial charge in [-0.2, -0.15) is 4.98 Å². The van der Waals surface area contributed by atoms with E-state index in [1.807, 2.05) is 30.0 Å². The van der Waals surface area contributed by atoms with E-state index in [1.54, 1.807) is 0 Å². The summed E-state index contributed by atoms with van der Waals surface area (Å²) in [5.41, 5.74) is 1.21. The molecule has 6 nitrogen and oxygen atoms in total. The zero-order chi connectivity index (χ0) is 16.1. The van der Waals surface area contributed by atoms with Crippen LogP contribution >= 0.6 is 0 Å². The Morgan fingerprint density at radius 3 is 2.57 bits per heavy atom. The van der Waals surface area contributed by atoms with Gasteiger partial charge in [0.25, 0.3) is 0 Å². The minimum atomic E-state index is 0.238. The number of carbonyl (C=O) groups excluding carboxylic acids is 1. The number of carbonyl (C=O) groups is 1. The van der Waals surface area contributed by atoms with Crippen LogP contribution < -0.4 is 0 Å². The van der Waals surface area contributed by atoms with Crippen LogP contribution in [0.15, 0.2) is 34.9 Å². The molecule has 0 atom stereocenters. The Bertz CT molecular complexity index is 633. The number of nitrogens with zero attached hydrogens (tertiary/aromatic N) is 4. The maximum absolute atomic E-state index is 12.3. The van der Waals surface area contributed by atoms with Gasteiger partial charge in [0, 0.05) is 32.6 Å². The van der Waals surface area contributed by atoms with Gasteiger partial charge in [0.1, 0.15) is 0 Å². The van der Waals surface area contributed by atoms with Crippen molar-refractivity contribution in [1.82, 2.24) is 19.9 Å². The smallest absolute Gasteiger partial charge is 0.240 e. The molecule has 122 valence electrons. The van der Waals surface area contributed by atoms with Crippen LogP contribution in [0.1, 0.15) is 23.7 Å². The SMILES string of the molecule is Cc1noc(CN2CCN(C(=O)CCc3ccccc3)CC2)n1. The minimum Gasteiger partial charge on any atom is -0.340 e. The van der Waals surface area contributed by atoms with Crippen LogP contribution in [0.3, 0.4) is 0 Å². The average molecular weight is 314 g/mol. The Kier molecular flexibility index (Phi) is 5.02. The van der Waals surface area contributed by atoms with Crippen molar-refractivity contribution in [2.75, 3.05) is 26.2 Å². The van der Waals surface area contributed by atoms with E-state index in [0.717, 1.165) is 32.6 Å². The number of aromatic nitrogens is 2. The van der Waals surface area contributed by atoms with E-state index in [9.17, 15) is 4.79 Å². The van der Waals surface area contributed by atoms with Gasteiger partial charge in [-0.1, -0.05) is 35.5 Å². The fraction of sp³-hybridized carbons (Fsp3) is 0.471. The van der Waals surface area contributed by atoms with E-state index >= 15 is 0 Å². The molecule has 0 unspecified atom stereocenters. The molecule has 0 radical (unpaired) electrons. The number of piperazine rings is 1. The van der Waals surface area contributed by atoms with Crippen LogP contribution in [0.4, 0.5) is 0 Å². The molecule has 1 aromatic carbocycles. The van der Waals surface area contributed by atoms with Gasteiger partial charge in [-0.25, -0.2) is 0 Å². The van der Waals surface area contributed by atoms with Crippen molar-refractivity contribution in [3.63, 3.8) is 0 Å². The summed E-state index contributed by atoms with van der Waals surface area (Å²) in [6.07, 6.45) is 1.38. The highest BCUT2D eigenvalue weighted by atomic mass is 16.5. The minimum absolute atomic E-state index is 0.238. The van der Waals surface area contributed by atoms with E-state index in [2.05, 4.69) is 27.2 Å². The molecule has 2 aromatic rings.